The quantitative estimate of drug-likeness (QED) is 0.316. The lowest BCUT2D eigenvalue weighted by Crippen LogP contribution is -2.11. The van der Waals surface area contributed by atoms with E-state index in [0.717, 1.165) is 18.4 Å². The Morgan fingerprint density at radius 1 is 1.31 bits per heavy atom. The number of benzene rings is 1. The molecule has 26 heavy (non-hydrogen) atoms. The molecule has 6 heteroatoms. The van der Waals surface area contributed by atoms with E-state index in [1.807, 2.05) is 26.8 Å². The number of aromatic hydroxyl groups is 1. The second-order valence-corrected chi connectivity index (χ2v) is 6.61. The highest BCUT2D eigenvalue weighted by Gasteiger charge is 2.30. The molecule has 2 N–H and O–H groups in total. The van der Waals surface area contributed by atoms with E-state index < -0.39 is 12.4 Å². The van der Waals surface area contributed by atoms with Gasteiger partial charge >= 0.3 is 0 Å². The van der Waals surface area contributed by atoms with Gasteiger partial charge in [0.05, 0.1) is 0 Å². The average Bonchev–Trinajstić information content (AvgIpc) is 2.95. The number of Topliss-reactive ketones (excluding diaryl/α,β-unsaturated/α-hetero) is 2. The predicted molar refractivity (Wildman–Crippen MR) is 97.0 cm³/mol. The molecule has 1 aliphatic heterocycles. The van der Waals surface area contributed by atoms with Crippen molar-refractivity contribution in [2.75, 3.05) is 13.2 Å². The smallest absolute Gasteiger partial charge is 0.207 e. The molecule has 0 fully saturated rings. The summed E-state index contributed by atoms with van der Waals surface area (Å²) in [7, 11) is 0. The average molecular weight is 360 g/mol. The van der Waals surface area contributed by atoms with Gasteiger partial charge < -0.3 is 9.84 Å². The Labute approximate surface area is 152 Å². The van der Waals surface area contributed by atoms with Gasteiger partial charge in [0.2, 0.25) is 5.78 Å². The van der Waals surface area contributed by atoms with Gasteiger partial charge in [-0.05, 0) is 46.1 Å². The number of ether oxygens (including phenoxy) is 1. The monoisotopic (exact) mass is 360 g/mol. The molecule has 1 heterocycles. The molecular weight excluding hydrogens is 336 g/mol. The van der Waals surface area contributed by atoms with E-state index in [0.29, 0.717) is 12.0 Å². The molecule has 0 amide bonds. The number of hydrogen-bond acceptors (Lipinski definition) is 6. The minimum Gasteiger partial charge on any atom is -0.507 e. The van der Waals surface area contributed by atoms with Crippen LogP contribution < -0.4 is 4.74 Å². The molecule has 1 aromatic carbocycles. The Hall–Kier alpha value is -2.44. The summed E-state index contributed by atoms with van der Waals surface area (Å²) < 4.78 is 5.23. The first-order chi connectivity index (χ1) is 12.3. The fraction of sp³-hybridized carbons (Fsp3) is 0.400. The van der Waals surface area contributed by atoms with Gasteiger partial charge in [-0.2, -0.15) is 0 Å². The minimum atomic E-state index is -0.539. The van der Waals surface area contributed by atoms with Crippen LogP contribution in [0.15, 0.2) is 29.4 Å². The SMILES string of the molecule is CC(C)=CCC/C(C)=C\Cc1c(C(=O)COO)cc2c(c1O)C(=O)CO2. The summed E-state index contributed by atoms with van der Waals surface area (Å²) in [6, 6.07) is 1.43. The normalized spacial score (nSPS) is 13.4. The number of phenols is 1. The Kier molecular flexibility index (Phi) is 6.71. The molecule has 2 rings (SSSR count). The fourth-order valence-corrected chi connectivity index (χ4v) is 2.84. The second kappa shape index (κ2) is 8.78. The van der Waals surface area contributed by atoms with E-state index in [9.17, 15) is 14.7 Å². The lowest BCUT2D eigenvalue weighted by atomic mass is 9.94. The van der Waals surface area contributed by atoms with E-state index in [2.05, 4.69) is 11.0 Å². The molecule has 6 nitrogen and oxygen atoms in total. The minimum absolute atomic E-state index is 0.108. The Morgan fingerprint density at radius 3 is 2.69 bits per heavy atom. The molecule has 0 saturated heterocycles. The van der Waals surface area contributed by atoms with Crippen molar-refractivity contribution in [3.63, 3.8) is 0 Å². The molecule has 0 bridgehead atoms. The van der Waals surface area contributed by atoms with Crippen LogP contribution in [0.25, 0.3) is 0 Å². The second-order valence-electron chi connectivity index (χ2n) is 6.61. The highest BCUT2D eigenvalue weighted by atomic mass is 17.1. The number of hydrogen-bond donors (Lipinski definition) is 2. The van der Waals surface area contributed by atoms with Crippen LogP contribution in [0.3, 0.4) is 0 Å². The summed E-state index contributed by atoms with van der Waals surface area (Å²) >= 11 is 0. The topological polar surface area (TPSA) is 93.1 Å². The zero-order chi connectivity index (χ0) is 19.3. The standard InChI is InChI=1S/C20H24O6/c1-12(2)5-4-6-13(3)7-8-14-15(16(21)11-26-24)9-18-19(20(14)23)17(22)10-25-18/h5,7,9,23-24H,4,6,8,10-11H2,1-3H3/b13-7-. The molecule has 0 saturated carbocycles. The third kappa shape index (κ3) is 4.59. The summed E-state index contributed by atoms with van der Waals surface area (Å²) in [5.41, 5.74) is 2.99. The van der Waals surface area contributed by atoms with Crippen molar-refractivity contribution in [1.82, 2.24) is 0 Å². The lowest BCUT2D eigenvalue weighted by molar-refractivity contribution is -0.230. The summed E-state index contributed by atoms with van der Waals surface area (Å²) in [6.45, 7) is 5.37. The number of phenolic OH excluding ortho intramolecular Hbond substituents is 1. The van der Waals surface area contributed by atoms with Crippen LogP contribution >= 0.6 is 0 Å². The van der Waals surface area contributed by atoms with Crippen LogP contribution in [0, 0.1) is 0 Å². The van der Waals surface area contributed by atoms with E-state index in [1.165, 1.54) is 11.6 Å². The van der Waals surface area contributed by atoms with Gasteiger partial charge in [0.25, 0.3) is 0 Å². The molecule has 0 spiro atoms. The fourth-order valence-electron chi connectivity index (χ4n) is 2.84. The third-order valence-electron chi connectivity index (χ3n) is 4.25. The maximum Gasteiger partial charge on any atom is 0.207 e. The zero-order valence-corrected chi connectivity index (χ0v) is 15.3. The molecule has 140 valence electrons. The predicted octanol–water partition coefficient (Wildman–Crippen LogP) is 3.87. The maximum atomic E-state index is 12.2. The number of rotatable bonds is 8. The van der Waals surface area contributed by atoms with Crippen molar-refractivity contribution >= 4 is 11.6 Å². The van der Waals surface area contributed by atoms with Crippen molar-refractivity contribution in [1.29, 1.82) is 0 Å². The number of allylic oxidation sites excluding steroid dienone is 4. The van der Waals surface area contributed by atoms with Gasteiger partial charge in [-0.25, -0.2) is 4.89 Å². The van der Waals surface area contributed by atoms with Crippen LogP contribution in [-0.2, 0) is 11.3 Å². The van der Waals surface area contributed by atoms with Gasteiger partial charge in [0, 0.05) is 11.1 Å². The molecule has 1 aromatic rings. The summed E-state index contributed by atoms with van der Waals surface area (Å²) in [5, 5.41) is 19.1. The first-order valence-corrected chi connectivity index (χ1v) is 8.48. The molecular formula is C20H24O6. The number of fused-ring (bicyclic) bond motifs is 1. The van der Waals surface area contributed by atoms with Crippen molar-refractivity contribution in [2.24, 2.45) is 0 Å². The Balaban J connectivity index is 2.33. The largest absolute Gasteiger partial charge is 0.507 e. The molecule has 0 radical (unpaired) electrons. The molecule has 0 unspecified atom stereocenters. The van der Waals surface area contributed by atoms with Crippen LogP contribution in [0.5, 0.6) is 11.5 Å². The summed E-state index contributed by atoms with van der Waals surface area (Å²) in [5.74, 6) is -0.874. The number of carbonyl (C=O) groups excluding carboxylic acids is 2. The van der Waals surface area contributed by atoms with Crippen molar-refractivity contribution < 1.29 is 29.6 Å². The summed E-state index contributed by atoms with van der Waals surface area (Å²) in [4.78, 5) is 28.1. The molecule has 0 aromatic heterocycles. The van der Waals surface area contributed by atoms with Gasteiger partial charge in [-0.1, -0.05) is 23.3 Å². The third-order valence-corrected chi connectivity index (χ3v) is 4.25. The Bertz CT molecular complexity index is 769. The number of carbonyl (C=O) groups is 2. The van der Waals surface area contributed by atoms with E-state index in [1.54, 1.807) is 0 Å². The highest BCUT2D eigenvalue weighted by Crippen LogP contribution is 2.38. The zero-order valence-electron chi connectivity index (χ0n) is 15.3. The molecule has 1 aliphatic rings. The van der Waals surface area contributed by atoms with Crippen LogP contribution in [0.2, 0.25) is 0 Å². The van der Waals surface area contributed by atoms with Crippen molar-refractivity contribution in [2.45, 2.75) is 40.0 Å². The van der Waals surface area contributed by atoms with Crippen LogP contribution in [0.1, 0.15) is 59.9 Å². The first kappa shape index (κ1) is 19.9. The van der Waals surface area contributed by atoms with Crippen LogP contribution in [-0.4, -0.2) is 35.1 Å². The molecule has 0 aliphatic carbocycles. The van der Waals surface area contributed by atoms with Gasteiger partial charge in [-0.3, -0.25) is 14.8 Å². The van der Waals surface area contributed by atoms with Gasteiger partial charge in [0.15, 0.2) is 12.4 Å². The van der Waals surface area contributed by atoms with Crippen molar-refractivity contribution in [3.05, 3.63) is 46.1 Å². The van der Waals surface area contributed by atoms with E-state index in [-0.39, 0.29) is 35.0 Å². The van der Waals surface area contributed by atoms with E-state index >= 15 is 0 Å². The van der Waals surface area contributed by atoms with Gasteiger partial charge in [0.1, 0.15) is 23.7 Å². The van der Waals surface area contributed by atoms with Crippen LogP contribution in [0.4, 0.5) is 0 Å². The highest BCUT2D eigenvalue weighted by molar-refractivity contribution is 6.08. The summed E-state index contributed by atoms with van der Waals surface area (Å²) in [6.07, 6.45) is 6.14. The first-order valence-electron chi connectivity index (χ1n) is 8.48. The lowest BCUT2D eigenvalue weighted by Gasteiger charge is -2.12. The van der Waals surface area contributed by atoms with Gasteiger partial charge in [-0.15, -0.1) is 0 Å². The van der Waals surface area contributed by atoms with Crippen molar-refractivity contribution in [3.8, 4) is 11.5 Å². The molecule has 0 atom stereocenters. The van der Waals surface area contributed by atoms with E-state index in [4.69, 9.17) is 9.99 Å². The number of ketones is 2. The Morgan fingerprint density at radius 2 is 2.04 bits per heavy atom. The maximum absolute atomic E-state index is 12.2.